The first-order valence-corrected chi connectivity index (χ1v) is 23.8. The molecule has 0 aliphatic carbocycles. The number of hydrogen-bond acceptors (Lipinski definition) is 11. The summed E-state index contributed by atoms with van der Waals surface area (Å²) in [5.41, 5.74) is 7.99. The van der Waals surface area contributed by atoms with Crippen LogP contribution < -0.4 is 5.73 Å². The number of rotatable bonds is 10. The Morgan fingerprint density at radius 1 is 0.592 bits per heavy atom. The summed E-state index contributed by atoms with van der Waals surface area (Å²) in [6, 6.07) is 22.4. The van der Waals surface area contributed by atoms with Crippen LogP contribution in [0.1, 0.15) is 29.2 Å². The highest BCUT2D eigenvalue weighted by Gasteiger charge is 2.25. The van der Waals surface area contributed by atoms with E-state index in [9.17, 15) is 33.7 Å². The number of hydrogen-bond donors (Lipinski definition) is 1. The molecule has 0 atom stereocenters. The summed E-state index contributed by atoms with van der Waals surface area (Å²) in [6.07, 6.45) is 3.62. The minimum atomic E-state index is -3.86. The van der Waals surface area contributed by atoms with Crippen LogP contribution in [0.15, 0.2) is 117 Å². The highest BCUT2D eigenvalue weighted by atomic mass is 79.9. The summed E-state index contributed by atoms with van der Waals surface area (Å²) in [6.45, 7) is 4.19. The SMILES string of the molecule is CCc1ccc(S(=O)(=O)c2cc(Br)cc(S(C)(=O)=O)c2)s1.CCc1ccccc1-c1cc(S(C)(=O)=O)cc(S(=O)(=O)c2ccc(CN)s2)c1. The van der Waals surface area contributed by atoms with Crippen LogP contribution in [0.5, 0.6) is 0 Å². The third kappa shape index (κ3) is 9.16. The molecule has 0 spiro atoms. The minimum absolute atomic E-state index is 0.0231. The van der Waals surface area contributed by atoms with E-state index in [1.807, 2.05) is 38.1 Å². The average molecular weight is 845 g/mol. The van der Waals surface area contributed by atoms with Gasteiger partial charge in [0.2, 0.25) is 19.7 Å². The third-order valence-electron chi connectivity index (χ3n) is 7.26. The standard InChI is InChI=1S/C20H21NO4S3.C13H13BrO4S3/c1-3-14-6-4-5-7-19(14)15-10-17(27(2,22)23)12-18(11-15)28(24,25)20-9-8-16(13-21)26-20;1-3-10-4-5-13(19-10)21(17,18)12-7-9(14)6-11(8-12)20(2,15)16/h4-12H,3,13,21H2,1-2H3;4-8H,3H2,1-2H3. The van der Waals surface area contributed by atoms with Crippen molar-refractivity contribution in [3.8, 4) is 11.1 Å². The van der Waals surface area contributed by atoms with E-state index in [0.717, 1.165) is 57.6 Å². The van der Waals surface area contributed by atoms with Crippen LogP contribution in [-0.2, 0) is 58.7 Å². The van der Waals surface area contributed by atoms with Gasteiger partial charge in [-0.3, -0.25) is 0 Å². The molecule has 5 aromatic rings. The van der Waals surface area contributed by atoms with Crippen LogP contribution in [0.3, 0.4) is 0 Å². The Morgan fingerprint density at radius 2 is 1.06 bits per heavy atom. The molecule has 49 heavy (non-hydrogen) atoms. The Bertz CT molecular complexity index is 2450. The Labute approximate surface area is 304 Å². The smallest absolute Gasteiger partial charge is 0.216 e. The third-order valence-corrected chi connectivity index (χ3v) is 16.7. The topological polar surface area (TPSA) is 163 Å². The molecule has 0 radical (unpaired) electrons. The highest BCUT2D eigenvalue weighted by Crippen LogP contribution is 2.34. The number of thiophene rings is 2. The lowest BCUT2D eigenvalue weighted by Gasteiger charge is -2.12. The van der Waals surface area contributed by atoms with Crippen molar-refractivity contribution in [1.82, 2.24) is 0 Å². The predicted octanol–water partition coefficient (Wildman–Crippen LogP) is 6.98. The lowest BCUT2D eigenvalue weighted by Crippen LogP contribution is -2.05. The summed E-state index contributed by atoms with van der Waals surface area (Å²) < 4.78 is 100. The molecule has 2 heterocycles. The van der Waals surface area contributed by atoms with Crippen molar-refractivity contribution >= 4 is 78.0 Å². The molecule has 262 valence electrons. The fourth-order valence-electron chi connectivity index (χ4n) is 4.65. The number of aryl methyl sites for hydroxylation is 2. The first-order valence-electron chi connectivity index (χ1n) is 14.6. The molecule has 0 saturated heterocycles. The molecule has 0 aliphatic heterocycles. The maximum absolute atomic E-state index is 13.2. The minimum Gasteiger partial charge on any atom is -0.326 e. The van der Waals surface area contributed by atoms with Gasteiger partial charge in [-0.25, -0.2) is 33.7 Å². The van der Waals surface area contributed by atoms with Crippen molar-refractivity contribution in [3.05, 3.63) is 105 Å². The second-order valence-electron chi connectivity index (χ2n) is 10.9. The Hall–Kier alpha value is -2.70. The molecule has 9 nitrogen and oxygen atoms in total. The van der Waals surface area contributed by atoms with Crippen LogP contribution >= 0.6 is 38.6 Å². The summed E-state index contributed by atoms with van der Waals surface area (Å²) in [7, 11) is -14.7. The molecule has 5 rings (SSSR count). The van der Waals surface area contributed by atoms with E-state index in [1.165, 1.54) is 47.7 Å². The fraction of sp³-hybridized carbons (Fsp3) is 0.212. The number of sulfone groups is 4. The second kappa shape index (κ2) is 15.3. The molecule has 0 amide bonds. The second-order valence-corrected chi connectivity index (χ2v) is 22.5. The highest BCUT2D eigenvalue weighted by molar-refractivity contribution is 9.10. The number of nitrogens with two attached hydrogens (primary N) is 1. The van der Waals surface area contributed by atoms with Crippen molar-refractivity contribution in [3.63, 3.8) is 0 Å². The van der Waals surface area contributed by atoms with E-state index < -0.39 is 39.3 Å². The summed E-state index contributed by atoms with van der Waals surface area (Å²) in [5, 5.41) is 0. The van der Waals surface area contributed by atoms with E-state index >= 15 is 0 Å². The predicted molar refractivity (Wildman–Crippen MR) is 198 cm³/mol. The zero-order valence-corrected chi connectivity index (χ0v) is 33.4. The molecule has 3 aromatic carbocycles. The van der Waals surface area contributed by atoms with Crippen LogP contribution in [-0.4, -0.2) is 46.2 Å². The van der Waals surface area contributed by atoms with E-state index in [0.29, 0.717) is 10.0 Å². The van der Waals surface area contributed by atoms with Gasteiger partial charge in [-0.05, 0) is 90.2 Å². The molecule has 0 aliphatic rings. The Kier molecular flexibility index (Phi) is 12.2. The molecule has 2 N–H and O–H groups in total. The van der Waals surface area contributed by atoms with Gasteiger partial charge in [0.1, 0.15) is 8.42 Å². The van der Waals surface area contributed by atoms with Gasteiger partial charge < -0.3 is 5.73 Å². The van der Waals surface area contributed by atoms with Crippen molar-refractivity contribution in [2.45, 2.75) is 61.2 Å². The molecule has 16 heteroatoms. The molecular formula is C33H34BrNO8S6. The van der Waals surface area contributed by atoms with Gasteiger partial charge in [-0.15, -0.1) is 22.7 Å². The van der Waals surface area contributed by atoms with Gasteiger partial charge in [0.15, 0.2) is 19.7 Å². The van der Waals surface area contributed by atoms with Gasteiger partial charge >= 0.3 is 0 Å². The lowest BCUT2D eigenvalue weighted by molar-refractivity contribution is 0.594. The monoisotopic (exact) mass is 843 g/mol. The van der Waals surface area contributed by atoms with Gasteiger partial charge in [0.05, 0.1) is 19.6 Å². The summed E-state index contributed by atoms with van der Waals surface area (Å²) in [4.78, 5) is 1.60. The van der Waals surface area contributed by atoms with Gasteiger partial charge in [0.25, 0.3) is 0 Å². The van der Waals surface area contributed by atoms with Crippen LogP contribution in [0.25, 0.3) is 11.1 Å². The van der Waals surface area contributed by atoms with Crippen molar-refractivity contribution in [2.24, 2.45) is 5.73 Å². The van der Waals surface area contributed by atoms with E-state index in [2.05, 4.69) is 15.9 Å². The fourth-order valence-corrected chi connectivity index (χ4v) is 12.4. The molecule has 0 unspecified atom stereocenters. The zero-order chi connectivity index (χ0) is 36.4. The lowest BCUT2D eigenvalue weighted by atomic mass is 9.98. The van der Waals surface area contributed by atoms with Crippen LogP contribution in [0.2, 0.25) is 0 Å². The van der Waals surface area contributed by atoms with Crippen LogP contribution in [0, 0.1) is 0 Å². The first kappa shape index (κ1) is 39.1. The molecule has 0 bridgehead atoms. The van der Waals surface area contributed by atoms with E-state index in [4.69, 9.17) is 5.73 Å². The first-order chi connectivity index (χ1) is 22.8. The van der Waals surface area contributed by atoms with Crippen molar-refractivity contribution < 1.29 is 33.7 Å². The molecule has 2 aromatic heterocycles. The Balaban J connectivity index is 0.000000230. The largest absolute Gasteiger partial charge is 0.326 e. The van der Waals surface area contributed by atoms with Crippen molar-refractivity contribution in [2.75, 3.05) is 12.5 Å². The summed E-state index contributed by atoms with van der Waals surface area (Å²) in [5.74, 6) is 0. The molecule has 0 saturated carbocycles. The normalized spacial score (nSPS) is 12.4. The maximum atomic E-state index is 13.2. The van der Waals surface area contributed by atoms with Gasteiger partial charge in [-0.2, -0.15) is 0 Å². The maximum Gasteiger partial charge on any atom is 0.216 e. The number of halogens is 1. The molecule has 0 fully saturated rings. The van der Waals surface area contributed by atoms with Gasteiger partial charge in [0, 0.05) is 33.3 Å². The average Bonchev–Trinajstić information content (AvgIpc) is 3.75. The van der Waals surface area contributed by atoms with E-state index in [-0.39, 0.29) is 34.5 Å². The Morgan fingerprint density at radius 3 is 1.55 bits per heavy atom. The van der Waals surface area contributed by atoms with Crippen molar-refractivity contribution in [1.29, 1.82) is 0 Å². The molecular weight excluding hydrogens is 811 g/mol. The number of benzene rings is 3. The zero-order valence-electron chi connectivity index (χ0n) is 26.9. The van der Waals surface area contributed by atoms with Crippen LogP contribution in [0.4, 0.5) is 0 Å². The quantitative estimate of drug-likeness (QED) is 0.156. The van der Waals surface area contributed by atoms with E-state index in [1.54, 1.807) is 24.3 Å². The summed E-state index contributed by atoms with van der Waals surface area (Å²) >= 11 is 5.46. The van der Waals surface area contributed by atoms with Gasteiger partial charge in [-0.1, -0.05) is 54.0 Å².